The summed E-state index contributed by atoms with van der Waals surface area (Å²) in [6, 6.07) is 9.37. The first-order valence-corrected chi connectivity index (χ1v) is 16.9. The van der Waals surface area contributed by atoms with Crippen molar-refractivity contribution in [2.45, 2.75) is 65.7 Å². The number of ether oxygens (including phenoxy) is 4. The Labute approximate surface area is 306 Å². The van der Waals surface area contributed by atoms with Gasteiger partial charge in [-0.05, 0) is 69.2 Å². The lowest BCUT2D eigenvalue weighted by Gasteiger charge is -2.19. The van der Waals surface area contributed by atoms with Gasteiger partial charge >= 0.3 is 24.2 Å². The highest BCUT2D eigenvalue weighted by Crippen LogP contribution is 2.39. The van der Waals surface area contributed by atoms with E-state index in [-0.39, 0.29) is 83.3 Å². The van der Waals surface area contributed by atoms with Gasteiger partial charge in [-0.3, -0.25) is 19.2 Å². The van der Waals surface area contributed by atoms with Crippen LogP contribution in [-0.2, 0) is 9.59 Å². The van der Waals surface area contributed by atoms with E-state index >= 15 is 0 Å². The molecule has 3 aromatic carbocycles. The molecule has 12 nitrogen and oxygen atoms in total. The van der Waals surface area contributed by atoms with Crippen molar-refractivity contribution >= 4 is 46.4 Å². The molecular weight excluding hydrogens is 730 g/mol. The molecule has 0 aliphatic heterocycles. The van der Waals surface area contributed by atoms with Crippen molar-refractivity contribution < 1.29 is 64.5 Å². The van der Waals surface area contributed by atoms with E-state index < -0.39 is 36.0 Å². The van der Waals surface area contributed by atoms with Gasteiger partial charge in [0.05, 0.1) is 48.9 Å². The fourth-order valence-corrected chi connectivity index (χ4v) is 4.56. The number of hydrogen-bond donors (Lipinski definition) is 4. The molecule has 0 spiro atoms. The SMILES string of the molecule is CCCCOc1ccc(NC(=O)C(F)(F)F)cc1C(=O)Nc1cc(NC(=O)c2cc(NC(=O)C(F)(F)F)ccc2OCCCC)c(OCC)cc1OCC. The van der Waals surface area contributed by atoms with Gasteiger partial charge in [-0.15, -0.1) is 0 Å². The summed E-state index contributed by atoms with van der Waals surface area (Å²) in [6.45, 7) is 7.62. The summed E-state index contributed by atoms with van der Waals surface area (Å²) in [4.78, 5) is 50.8. The second-order valence-electron chi connectivity index (χ2n) is 11.3. The summed E-state index contributed by atoms with van der Waals surface area (Å²) < 4.78 is 101. The number of carbonyl (C=O) groups excluding carboxylic acids is 4. The largest absolute Gasteiger partial charge is 0.493 e. The molecule has 0 atom stereocenters. The zero-order chi connectivity index (χ0) is 40.1. The van der Waals surface area contributed by atoms with E-state index in [1.54, 1.807) is 24.5 Å². The fourth-order valence-electron chi connectivity index (χ4n) is 4.56. The van der Waals surface area contributed by atoms with Crippen molar-refractivity contribution in [2.24, 2.45) is 0 Å². The third-order valence-corrected chi connectivity index (χ3v) is 7.17. The molecule has 0 aliphatic rings. The molecule has 0 radical (unpaired) electrons. The van der Waals surface area contributed by atoms with Crippen LogP contribution in [0.1, 0.15) is 74.1 Å². The molecule has 4 N–H and O–H groups in total. The highest BCUT2D eigenvalue weighted by Gasteiger charge is 2.39. The Bertz CT molecular complexity index is 1680. The molecule has 294 valence electrons. The van der Waals surface area contributed by atoms with Crippen molar-refractivity contribution in [3.05, 3.63) is 59.7 Å². The van der Waals surface area contributed by atoms with Gasteiger partial charge in [-0.2, -0.15) is 26.3 Å². The van der Waals surface area contributed by atoms with Crippen LogP contribution < -0.4 is 40.2 Å². The van der Waals surface area contributed by atoms with Crippen LogP contribution in [0, 0.1) is 0 Å². The number of halogens is 6. The van der Waals surface area contributed by atoms with Crippen LogP contribution in [0.5, 0.6) is 23.0 Å². The molecule has 18 heteroatoms. The van der Waals surface area contributed by atoms with Crippen LogP contribution in [0.4, 0.5) is 49.1 Å². The standard InChI is InChI=1S/C36H40F6N4O8/c1-5-9-15-53-27-13-11-21(43-33(49)35(37,38)39)17-23(27)31(47)45-25-19-26(30(52-8-4)20-29(25)51-7-3)46-32(48)24-18-22(44-34(50)36(40,41)42)12-14-28(24)54-16-10-6-2/h11-14,17-20H,5-10,15-16H2,1-4H3,(H,43,49)(H,44,50)(H,45,47)(H,46,48). The lowest BCUT2D eigenvalue weighted by atomic mass is 10.1. The van der Waals surface area contributed by atoms with Crippen LogP contribution in [0.2, 0.25) is 0 Å². The molecule has 0 fully saturated rings. The van der Waals surface area contributed by atoms with Crippen LogP contribution in [0.3, 0.4) is 0 Å². The number of unbranched alkanes of at least 4 members (excludes halogenated alkanes) is 2. The quantitative estimate of drug-likeness (QED) is 0.0744. The Morgan fingerprint density at radius 3 is 1.24 bits per heavy atom. The van der Waals surface area contributed by atoms with Gasteiger partial charge < -0.3 is 40.2 Å². The normalized spacial score (nSPS) is 11.3. The third kappa shape index (κ3) is 12.2. The fraction of sp³-hybridized carbons (Fsp3) is 0.389. The minimum absolute atomic E-state index is 0.00326. The van der Waals surface area contributed by atoms with E-state index in [1.165, 1.54) is 24.3 Å². The maximum Gasteiger partial charge on any atom is 0.471 e. The minimum Gasteiger partial charge on any atom is -0.493 e. The van der Waals surface area contributed by atoms with Crippen LogP contribution in [-0.4, -0.2) is 62.4 Å². The van der Waals surface area contributed by atoms with Gasteiger partial charge in [0.1, 0.15) is 23.0 Å². The molecule has 0 aliphatic carbocycles. The number of benzene rings is 3. The van der Waals surface area contributed by atoms with Crippen LogP contribution in [0.15, 0.2) is 48.5 Å². The predicted molar refractivity (Wildman–Crippen MR) is 188 cm³/mol. The van der Waals surface area contributed by atoms with E-state index in [1.807, 2.05) is 13.8 Å². The van der Waals surface area contributed by atoms with Crippen molar-refractivity contribution in [2.75, 3.05) is 47.7 Å². The molecule has 3 aromatic rings. The van der Waals surface area contributed by atoms with Gasteiger partial charge in [0.25, 0.3) is 11.8 Å². The molecule has 3 rings (SSSR count). The Morgan fingerprint density at radius 1 is 0.519 bits per heavy atom. The second kappa shape index (κ2) is 19.4. The molecule has 0 saturated heterocycles. The Morgan fingerprint density at radius 2 is 0.907 bits per heavy atom. The Hall–Kier alpha value is -5.68. The summed E-state index contributed by atoms with van der Waals surface area (Å²) in [7, 11) is 0. The number of alkyl halides is 6. The average molecular weight is 771 g/mol. The maximum absolute atomic E-state index is 13.8. The lowest BCUT2D eigenvalue weighted by molar-refractivity contribution is -0.167. The van der Waals surface area contributed by atoms with Gasteiger partial charge in [0.2, 0.25) is 0 Å². The lowest BCUT2D eigenvalue weighted by Crippen LogP contribution is -2.30. The zero-order valence-corrected chi connectivity index (χ0v) is 29.8. The smallest absolute Gasteiger partial charge is 0.471 e. The molecule has 0 bridgehead atoms. The highest BCUT2D eigenvalue weighted by molar-refractivity contribution is 6.11. The van der Waals surface area contributed by atoms with Crippen molar-refractivity contribution in [3.8, 4) is 23.0 Å². The van der Waals surface area contributed by atoms with Crippen molar-refractivity contribution in [1.29, 1.82) is 0 Å². The number of amides is 4. The topological polar surface area (TPSA) is 153 Å². The molecular formula is C36H40F6N4O8. The average Bonchev–Trinajstić information content (AvgIpc) is 3.10. The Kier molecular flexibility index (Phi) is 15.4. The van der Waals surface area contributed by atoms with E-state index in [9.17, 15) is 45.5 Å². The number of hydrogen-bond acceptors (Lipinski definition) is 8. The molecule has 0 heterocycles. The predicted octanol–water partition coefficient (Wildman–Crippen LogP) is 8.35. The summed E-state index contributed by atoms with van der Waals surface area (Å²) in [5.74, 6) is -6.20. The van der Waals surface area contributed by atoms with Gasteiger partial charge in [0.15, 0.2) is 0 Å². The number of rotatable bonds is 18. The maximum atomic E-state index is 13.8. The first-order valence-electron chi connectivity index (χ1n) is 16.9. The summed E-state index contributed by atoms with van der Waals surface area (Å²) >= 11 is 0. The summed E-state index contributed by atoms with van der Waals surface area (Å²) in [6.07, 6.45) is -7.75. The van der Waals surface area contributed by atoms with E-state index in [0.717, 1.165) is 37.1 Å². The third-order valence-electron chi connectivity index (χ3n) is 7.17. The van der Waals surface area contributed by atoms with Crippen LogP contribution >= 0.6 is 0 Å². The Balaban J connectivity index is 2.07. The molecule has 54 heavy (non-hydrogen) atoms. The van der Waals surface area contributed by atoms with Gasteiger partial charge in [0, 0.05) is 17.4 Å². The second-order valence-corrected chi connectivity index (χ2v) is 11.3. The first kappa shape index (κ1) is 42.7. The van der Waals surface area contributed by atoms with Crippen molar-refractivity contribution in [1.82, 2.24) is 0 Å². The zero-order valence-electron chi connectivity index (χ0n) is 29.8. The number of nitrogens with one attached hydrogen (secondary N) is 4. The van der Waals surface area contributed by atoms with E-state index in [0.29, 0.717) is 12.8 Å². The molecule has 0 aromatic heterocycles. The van der Waals surface area contributed by atoms with Crippen LogP contribution in [0.25, 0.3) is 0 Å². The summed E-state index contributed by atoms with van der Waals surface area (Å²) in [5.41, 5.74) is -1.29. The van der Waals surface area contributed by atoms with Gasteiger partial charge in [-0.25, -0.2) is 0 Å². The van der Waals surface area contributed by atoms with Gasteiger partial charge in [-0.1, -0.05) is 26.7 Å². The number of anilines is 4. The van der Waals surface area contributed by atoms with E-state index in [2.05, 4.69) is 10.6 Å². The molecule has 0 unspecified atom stereocenters. The summed E-state index contributed by atoms with van der Waals surface area (Å²) in [5, 5.41) is 8.60. The van der Waals surface area contributed by atoms with E-state index in [4.69, 9.17) is 18.9 Å². The van der Waals surface area contributed by atoms with Crippen molar-refractivity contribution in [3.63, 3.8) is 0 Å². The number of carbonyl (C=O) groups is 4. The monoisotopic (exact) mass is 770 g/mol. The minimum atomic E-state index is -5.20. The highest BCUT2D eigenvalue weighted by atomic mass is 19.4. The first-order chi connectivity index (χ1) is 25.5. The molecule has 4 amide bonds. The molecule has 0 saturated carbocycles.